The van der Waals surface area contributed by atoms with Crippen molar-refractivity contribution < 1.29 is 14.6 Å². The summed E-state index contributed by atoms with van der Waals surface area (Å²) in [6, 6.07) is 5.20. The second-order valence-corrected chi connectivity index (χ2v) is 4.14. The number of phenols is 1. The number of nitrogens with one attached hydrogen (secondary N) is 1. The van der Waals surface area contributed by atoms with E-state index in [1.165, 1.54) is 6.33 Å². The van der Waals surface area contributed by atoms with E-state index in [0.29, 0.717) is 24.6 Å². The van der Waals surface area contributed by atoms with Gasteiger partial charge in [-0.2, -0.15) is 0 Å². The molecule has 0 amide bonds. The zero-order chi connectivity index (χ0) is 13.1. The average Bonchev–Trinajstić information content (AvgIpc) is 2.87. The molecular weight excluding hydrogens is 246 g/mol. The Kier molecular flexibility index (Phi) is 3.16. The number of ether oxygens (including phenoxy) is 2. The van der Waals surface area contributed by atoms with Crippen molar-refractivity contribution in [1.82, 2.24) is 15.3 Å². The van der Waals surface area contributed by atoms with Gasteiger partial charge in [-0.05, 0) is 12.1 Å². The minimum absolute atomic E-state index is 0.194. The molecule has 0 saturated heterocycles. The molecule has 2 aromatic rings. The molecule has 1 aliphatic rings. The Morgan fingerprint density at radius 1 is 1.21 bits per heavy atom. The number of aromatic nitrogens is 2. The Hall–Kier alpha value is -2.34. The lowest BCUT2D eigenvalue weighted by Gasteiger charge is -2.07. The van der Waals surface area contributed by atoms with E-state index in [2.05, 4.69) is 15.3 Å². The third-order valence-electron chi connectivity index (χ3n) is 2.84. The van der Waals surface area contributed by atoms with Crippen LogP contribution in [0, 0.1) is 0 Å². The topological polar surface area (TPSA) is 76.5 Å². The summed E-state index contributed by atoms with van der Waals surface area (Å²) in [7, 11) is 0. The maximum Gasteiger partial charge on any atom is 0.231 e. The molecule has 1 aliphatic heterocycles. The molecule has 0 atom stereocenters. The number of hydrogen-bond donors (Lipinski definition) is 2. The molecule has 0 unspecified atom stereocenters. The molecule has 6 heteroatoms. The van der Waals surface area contributed by atoms with Crippen molar-refractivity contribution in [2.75, 3.05) is 6.79 Å². The summed E-state index contributed by atoms with van der Waals surface area (Å²) in [5.74, 6) is 1.44. The number of aromatic hydroxyl groups is 1. The second-order valence-electron chi connectivity index (χ2n) is 4.14. The molecule has 1 aromatic carbocycles. The van der Waals surface area contributed by atoms with E-state index in [-0.39, 0.29) is 12.5 Å². The van der Waals surface area contributed by atoms with Crippen LogP contribution in [0.25, 0.3) is 0 Å². The first-order chi connectivity index (χ1) is 9.33. The van der Waals surface area contributed by atoms with Crippen LogP contribution in [0.2, 0.25) is 0 Å². The zero-order valence-electron chi connectivity index (χ0n) is 10.2. The Morgan fingerprint density at radius 3 is 2.84 bits per heavy atom. The zero-order valence-corrected chi connectivity index (χ0v) is 10.2. The summed E-state index contributed by atoms with van der Waals surface area (Å²) >= 11 is 0. The van der Waals surface area contributed by atoms with Gasteiger partial charge in [-0.25, -0.2) is 9.97 Å². The summed E-state index contributed by atoms with van der Waals surface area (Å²) in [6.07, 6.45) is 3.21. The lowest BCUT2D eigenvalue weighted by molar-refractivity contribution is 0.174. The molecule has 3 rings (SSSR count). The van der Waals surface area contributed by atoms with Crippen molar-refractivity contribution in [1.29, 1.82) is 0 Å². The minimum atomic E-state index is 0.194. The molecule has 0 fully saturated rings. The van der Waals surface area contributed by atoms with Gasteiger partial charge in [-0.15, -0.1) is 0 Å². The SMILES string of the molecule is Oc1cc2c(cc1CNCc1ccncn1)OCO2. The minimum Gasteiger partial charge on any atom is -0.507 e. The molecule has 6 nitrogen and oxygen atoms in total. The fourth-order valence-corrected chi connectivity index (χ4v) is 1.86. The monoisotopic (exact) mass is 259 g/mol. The van der Waals surface area contributed by atoms with Gasteiger partial charge in [0.1, 0.15) is 12.1 Å². The predicted octanol–water partition coefficient (Wildman–Crippen LogP) is 1.20. The first kappa shape index (κ1) is 11.7. The number of phenolic OH excluding ortho intramolecular Hbond substituents is 1. The number of hydrogen-bond acceptors (Lipinski definition) is 6. The lowest BCUT2D eigenvalue weighted by Crippen LogP contribution is -2.13. The van der Waals surface area contributed by atoms with Crippen LogP contribution >= 0.6 is 0 Å². The van der Waals surface area contributed by atoms with Crippen LogP contribution in [-0.2, 0) is 13.1 Å². The van der Waals surface area contributed by atoms with Gasteiger partial charge in [0.05, 0.1) is 5.69 Å². The predicted molar refractivity (Wildman–Crippen MR) is 66.8 cm³/mol. The Balaban J connectivity index is 1.64. The van der Waals surface area contributed by atoms with E-state index < -0.39 is 0 Å². The van der Waals surface area contributed by atoms with Crippen molar-refractivity contribution in [2.24, 2.45) is 0 Å². The average molecular weight is 259 g/mol. The van der Waals surface area contributed by atoms with Gasteiger partial charge in [-0.1, -0.05) is 0 Å². The molecule has 98 valence electrons. The molecular formula is C13H13N3O3. The van der Waals surface area contributed by atoms with E-state index in [0.717, 1.165) is 11.3 Å². The Morgan fingerprint density at radius 2 is 2.05 bits per heavy atom. The highest BCUT2D eigenvalue weighted by molar-refractivity contribution is 5.51. The van der Waals surface area contributed by atoms with E-state index >= 15 is 0 Å². The van der Waals surface area contributed by atoms with Gasteiger partial charge in [-0.3, -0.25) is 0 Å². The number of nitrogens with zero attached hydrogens (tertiary/aromatic N) is 2. The maximum absolute atomic E-state index is 9.87. The van der Waals surface area contributed by atoms with Crippen LogP contribution < -0.4 is 14.8 Å². The van der Waals surface area contributed by atoms with E-state index in [1.54, 1.807) is 18.3 Å². The van der Waals surface area contributed by atoms with Gasteiger partial charge in [0.15, 0.2) is 11.5 Å². The molecule has 0 spiro atoms. The van der Waals surface area contributed by atoms with Crippen LogP contribution in [0.4, 0.5) is 0 Å². The fraction of sp³-hybridized carbons (Fsp3) is 0.231. The van der Waals surface area contributed by atoms with Crippen molar-refractivity contribution in [2.45, 2.75) is 13.1 Å². The molecule has 2 N–H and O–H groups in total. The smallest absolute Gasteiger partial charge is 0.231 e. The van der Waals surface area contributed by atoms with Crippen LogP contribution in [0.15, 0.2) is 30.7 Å². The van der Waals surface area contributed by atoms with Gasteiger partial charge < -0.3 is 19.9 Å². The number of benzene rings is 1. The van der Waals surface area contributed by atoms with E-state index in [9.17, 15) is 5.11 Å². The summed E-state index contributed by atoms with van der Waals surface area (Å²) in [4.78, 5) is 7.97. The van der Waals surface area contributed by atoms with E-state index in [1.807, 2.05) is 6.07 Å². The van der Waals surface area contributed by atoms with Crippen molar-refractivity contribution in [3.05, 3.63) is 42.0 Å². The first-order valence-corrected chi connectivity index (χ1v) is 5.90. The second kappa shape index (κ2) is 5.11. The summed E-state index contributed by atoms with van der Waals surface area (Å²) < 4.78 is 10.5. The summed E-state index contributed by atoms with van der Waals surface area (Å²) in [5.41, 5.74) is 1.66. The summed E-state index contributed by atoms with van der Waals surface area (Å²) in [6.45, 7) is 1.33. The molecule has 0 aliphatic carbocycles. The van der Waals surface area contributed by atoms with Crippen molar-refractivity contribution >= 4 is 0 Å². The van der Waals surface area contributed by atoms with Gasteiger partial charge in [0.2, 0.25) is 6.79 Å². The van der Waals surface area contributed by atoms with Gasteiger partial charge in [0, 0.05) is 30.9 Å². The van der Waals surface area contributed by atoms with Gasteiger partial charge >= 0.3 is 0 Å². The molecule has 2 heterocycles. The highest BCUT2D eigenvalue weighted by Gasteiger charge is 2.16. The highest BCUT2D eigenvalue weighted by Crippen LogP contribution is 2.37. The first-order valence-electron chi connectivity index (χ1n) is 5.90. The molecule has 0 bridgehead atoms. The van der Waals surface area contributed by atoms with Crippen LogP contribution in [0.5, 0.6) is 17.2 Å². The molecule has 0 radical (unpaired) electrons. The van der Waals surface area contributed by atoms with Crippen LogP contribution in [-0.4, -0.2) is 21.9 Å². The Bertz CT molecular complexity index is 575. The standard InChI is InChI=1S/C13H13N3O3/c17-11-4-13-12(18-8-19-13)3-9(11)5-15-6-10-1-2-14-7-16-10/h1-4,7,15,17H,5-6,8H2. The van der Waals surface area contributed by atoms with Crippen molar-refractivity contribution in [3.63, 3.8) is 0 Å². The van der Waals surface area contributed by atoms with E-state index in [4.69, 9.17) is 9.47 Å². The van der Waals surface area contributed by atoms with Crippen molar-refractivity contribution in [3.8, 4) is 17.2 Å². The van der Waals surface area contributed by atoms with Gasteiger partial charge in [0.25, 0.3) is 0 Å². The lowest BCUT2D eigenvalue weighted by atomic mass is 10.1. The quantitative estimate of drug-likeness (QED) is 0.859. The molecule has 1 aromatic heterocycles. The van der Waals surface area contributed by atoms with Crippen LogP contribution in [0.1, 0.15) is 11.3 Å². The molecule has 0 saturated carbocycles. The third kappa shape index (κ3) is 2.58. The normalized spacial score (nSPS) is 12.6. The third-order valence-corrected chi connectivity index (χ3v) is 2.84. The fourth-order valence-electron chi connectivity index (χ4n) is 1.86. The molecule has 19 heavy (non-hydrogen) atoms. The summed E-state index contributed by atoms with van der Waals surface area (Å²) in [5, 5.41) is 13.1. The number of fused-ring (bicyclic) bond motifs is 1. The maximum atomic E-state index is 9.87. The highest BCUT2D eigenvalue weighted by atomic mass is 16.7. The largest absolute Gasteiger partial charge is 0.507 e. The number of rotatable bonds is 4. The Labute approximate surface area is 110 Å². The van der Waals surface area contributed by atoms with Crippen LogP contribution in [0.3, 0.4) is 0 Å².